The smallest absolute Gasteiger partial charge is 0.272 e. The van der Waals surface area contributed by atoms with Crippen LogP contribution in [-0.2, 0) is 10.0 Å². The molecule has 0 saturated heterocycles. The molecule has 0 radical (unpaired) electrons. The fourth-order valence-corrected chi connectivity index (χ4v) is 3.09. The topological polar surface area (TPSA) is 90.4 Å². The molecule has 1 heterocycles. The van der Waals surface area contributed by atoms with Gasteiger partial charge >= 0.3 is 0 Å². The molecule has 11 heteroatoms. The second kappa shape index (κ2) is 7.55. The number of benzene rings is 1. The third-order valence-electron chi connectivity index (χ3n) is 2.81. The molecule has 1 aromatic carbocycles. The van der Waals surface area contributed by atoms with Crippen molar-refractivity contribution >= 4 is 15.7 Å². The Balaban J connectivity index is 2.52. The molecule has 0 saturated carbocycles. The number of ether oxygens (including phenoxy) is 2. The number of hydrogen-bond donors (Lipinski definition) is 1. The van der Waals surface area contributed by atoms with Crippen LogP contribution in [0, 0.1) is 17.5 Å². The molecule has 1 aromatic heterocycles. The van der Waals surface area contributed by atoms with Gasteiger partial charge in [0.25, 0.3) is 10.0 Å². The lowest BCUT2D eigenvalue weighted by molar-refractivity contribution is 0.287. The van der Waals surface area contributed by atoms with Crippen LogP contribution in [0.25, 0.3) is 0 Å². The van der Waals surface area contributed by atoms with Crippen LogP contribution in [0.4, 0.5) is 18.9 Å². The SMILES string of the molecule is CCOc1ncnc(OCC)c1S(=O)(=O)Nc1cc(F)c(F)c(F)c1. The molecule has 7 nitrogen and oxygen atoms in total. The quantitative estimate of drug-likeness (QED) is 0.746. The second-order valence-electron chi connectivity index (χ2n) is 4.54. The number of nitrogens with zero attached hydrogens (tertiary/aromatic N) is 2. The predicted octanol–water partition coefficient (Wildman–Crippen LogP) is 2.49. The van der Waals surface area contributed by atoms with E-state index in [9.17, 15) is 21.6 Å². The van der Waals surface area contributed by atoms with Gasteiger partial charge in [0, 0.05) is 12.1 Å². The van der Waals surface area contributed by atoms with Crippen molar-refractivity contribution in [3.05, 3.63) is 35.9 Å². The van der Waals surface area contributed by atoms with Crippen LogP contribution in [0.2, 0.25) is 0 Å². The summed E-state index contributed by atoms with van der Waals surface area (Å²) in [5.74, 6) is -5.39. The fraction of sp³-hybridized carbons (Fsp3) is 0.286. The van der Waals surface area contributed by atoms with Crippen molar-refractivity contribution in [1.82, 2.24) is 9.97 Å². The minimum absolute atomic E-state index is 0.102. The third-order valence-corrected chi connectivity index (χ3v) is 4.20. The van der Waals surface area contributed by atoms with Gasteiger partial charge in [-0.3, -0.25) is 4.72 Å². The van der Waals surface area contributed by atoms with Gasteiger partial charge in [-0.1, -0.05) is 0 Å². The van der Waals surface area contributed by atoms with Crippen molar-refractivity contribution in [3.63, 3.8) is 0 Å². The average Bonchev–Trinajstić information content (AvgIpc) is 2.52. The van der Waals surface area contributed by atoms with Crippen LogP contribution in [0.15, 0.2) is 23.4 Å². The van der Waals surface area contributed by atoms with Gasteiger partial charge in [-0.25, -0.2) is 31.6 Å². The third kappa shape index (κ3) is 4.10. The van der Waals surface area contributed by atoms with Crippen LogP contribution in [-0.4, -0.2) is 31.6 Å². The summed E-state index contributed by atoms with van der Waals surface area (Å²) in [5.41, 5.74) is -0.523. The van der Waals surface area contributed by atoms with Crippen molar-refractivity contribution in [2.45, 2.75) is 18.7 Å². The molecule has 0 aliphatic rings. The first-order valence-corrected chi connectivity index (χ1v) is 8.56. The van der Waals surface area contributed by atoms with E-state index in [1.165, 1.54) is 0 Å². The standard InChI is InChI=1S/C14H14F3N3O4S/c1-3-23-13-12(14(24-4-2)19-7-18-13)25(21,22)20-8-5-9(15)11(17)10(16)6-8/h5-7,20H,3-4H2,1-2H3. The summed E-state index contributed by atoms with van der Waals surface area (Å²) in [6, 6.07) is 1.00. The number of rotatable bonds is 7. The Bertz CT molecular complexity index is 830. The normalized spacial score (nSPS) is 11.2. The number of anilines is 1. The highest BCUT2D eigenvalue weighted by Gasteiger charge is 2.28. The number of aromatic nitrogens is 2. The van der Waals surface area contributed by atoms with Gasteiger partial charge in [-0.15, -0.1) is 0 Å². The molecule has 2 rings (SSSR count). The molecular formula is C14H14F3N3O4S. The largest absolute Gasteiger partial charge is 0.477 e. The molecule has 0 aliphatic heterocycles. The van der Waals surface area contributed by atoms with Gasteiger partial charge in [0.05, 0.1) is 18.9 Å². The lowest BCUT2D eigenvalue weighted by Crippen LogP contribution is -2.18. The van der Waals surface area contributed by atoms with Crippen LogP contribution in [0.1, 0.15) is 13.8 Å². The van der Waals surface area contributed by atoms with E-state index in [0.717, 1.165) is 6.33 Å². The molecule has 0 aliphatic carbocycles. The summed E-state index contributed by atoms with van der Waals surface area (Å²) in [4.78, 5) is 6.92. The zero-order valence-corrected chi connectivity index (χ0v) is 14.0. The maximum absolute atomic E-state index is 13.3. The van der Waals surface area contributed by atoms with Gasteiger partial charge < -0.3 is 9.47 Å². The molecule has 0 spiro atoms. The molecule has 0 fully saturated rings. The highest BCUT2D eigenvalue weighted by atomic mass is 32.2. The van der Waals surface area contributed by atoms with Crippen LogP contribution in [0.5, 0.6) is 11.8 Å². The zero-order chi connectivity index (χ0) is 18.6. The Kier molecular flexibility index (Phi) is 5.67. The van der Waals surface area contributed by atoms with E-state index in [0.29, 0.717) is 12.1 Å². The van der Waals surface area contributed by atoms with E-state index < -0.39 is 38.1 Å². The number of halogens is 3. The minimum atomic E-state index is -4.45. The number of hydrogen-bond acceptors (Lipinski definition) is 6. The van der Waals surface area contributed by atoms with E-state index in [4.69, 9.17) is 9.47 Å². The van der Waals surface area contributed by atoms with E-state index >= 15 is 0 Å². The molecule has 0 bridgehead atoms. The fourth-order valence-electron chi connectivity index (χ4n) is 1.87. The van der Waals surface area contributed by atoms with E-state index in [2.05, 4.69) is 9.97 Å². The maximum Gasteiger partial charge on any atom is 0.272 e. The number of sulfonamides is 1. The number of nitrogens with one attached hydrogen (secondary N) is 1. The first-order valence-electron chi connectivity index (χ1n) is 7.08. The Labute approximate surface area is 141 Å². The van der Waals surface area contributed by atoms with Crippen molar-refractivity contribution in [2.24, 2.45) is 0 Å². The van der Waals surface area contributed by atoms with E-state index in [1.807, 2.05) is 4.72 Å². The average molecular weight is 377 g/mol. The maximum atomic E-state index is 13.3. The second-order valence-corrected chi connectivity index (χ2v) is 6.16. The van der Waals surface area contributed by atoms with E-state index in [1.54, 1.807) is 13.8 Å². The first-order chi connectivity index (χ1) is 11.8. The molecule has 0 unspecified atom stereocenters. The van der Waals surface area contributed by atoms with Crippen molar-refractivity contribution in [3.8, 4) is 11.8 Å². The van der Waals surface area contributed by atoms with Crippen LogP contribution < -0.4 is 14.2 Å². The Morgan fingerprint density at radius 2 is 1.48 bits per heavy atom. The van der Waals surface area contributed by atoms with Gasteiger partial charge in [-0.2, -0.15) is 0 Å². The molecule has 0 atom stereocenters. The Hall–Kier alpha value is -2.56. The summed E-state index contributed by atoms with van der Waals surface area (Å²) < 4.78 is 77.1. The molecule has 2 aromatic rings. The van der Waals surface area contributed by atoms with Gasteiger partial charge in [-0.05, 0) is 13.8 Å². The van der Waals surface area contributed by atoms with Crippen molar-refractivity contribution in [2.75, 3.05) is 17.9 Å². The van der Waals surface area contributed by atoms with Crippen LogP contribution >= 0.6 is 0 Å². The van der Waals surface area contributed by atoms with Gasteiger partial charge in [0.1, 0.15) is 6.33 Å². The summed E-state index contributed by atoms with van der Waals surface area (Å²) >= 11 is 0. The Morgan fingerprint density at radius 3 is 1.92 bits per heavy atom. The predicted molar refractivity (Wildman–Crippen MR) is 81.5 cm³/mol. The zero-order valence-electron chi connectivity index (χ0n) is 13.2. The lowest BCUT2D eigenvalue weighted by atomic mass is 10.3. The Morgan fingerprint density at radius 1 is 1.00 bits per heavy atom. The minimum Gasteiger partial charge on any atom is -0.477 e. The van der Waals surface area contributed by atoms with Crippen molar-refractivity contribution < 1.29 is 31.1 Å². The molecule has 136 valence electrons. The molecule has 1 N–H and O–H groups in total. The van der Waals surface area contributed by atoms with Gasteiger partial charge in [0.2, 0.25) is 16.7 Å². The monoisotopic (exact) mass is 377 g/mol. The molecular weight excluding hydrogens is 363 g/mol. The summed E-state index contributed by atoms with van der Waals surface area (Å²) in [6.45, 7) is 3.42. The van der Waals surface area contributed by atoms with Crippen LogP contribution in [0.3, 0.4) is 0 Å². The van der Waals surface area contributed by atoms with Crippen molar-refractivity contribution in [1.29, 1.82) is 0 Å². The summed E-state index contributed by atoms with van der Waals surface area (Å²) in [7, 11) is -4.45. The van der Waals surface area contributed by atoms with E-state index in [-0.39, 0.29) is 25.0 Å². The summed E-state index contributed by atoms with van der Waals surface area (Å²) in [5, 5.41) is 0. The first kappa shape index (κ1) is 18.8. The molecule has 0 amide bonds. The molecule has 25 heavy (non-hydrogen) atoms. The highest BCUT2D eigenvalue weighted by molar-refractivity contribution is 7.93. The lowest BCUT2D eigenvalue weighted by Gasteiger charge is -2.14. The van der Waals surface area contributed by atoms with Gasteiger partial charge in [0.15, 0.2) is 17.5 Å². The highest BCUT2D eigenvalue weighted by Crippen LogP contribution is 2.31. The summed E-state index contributed by atoms with van der Waals surface area (Å²) in [6.07, 6.45) is 1.05.